The third-order valence-corrected chi connectivity index (χ3v) is 8.15. The molecule has 3 aliphatic heterocycles. The zero-order chi connectivity index (χ0) is 31.2. The van der Waals surface area contributed by atoms with Gasteiger partial charge in [0.2, 0.25) is 0 Å². The minimum absolute atomic E-state index is 0.0171. The number of aliphatic hydroxyl groups excluding tert-OH is 1. The zero-order valence-electron chi connectivity index (χ0n) is 25.4. The van der Waals surface area contributed by atoms with Gasteiger partial charge >= 0.3 is 0 Å². The molecule has 1 atom stereocenters. The summed E-state index contributed by atoms with van der Waals surface area (Å²) in [5.41, 5.74) is 2.03. The van der Waals surface area contributed by atoms with Crippen LogP contribution in [0.5, 0.6) is 23.0 Å². The minimum atomic E-state index is -0.828. The number of ether oxygens (including phenoxy) is 5. The Hall–Kier alpha value is -4.54. The summed E-state index contributed by atoms with van der Waals surface area (Å²) in [5, 5.41) is 11.6. The van der Waals surface area contributed by atoms with Crippen molar-refractivity contribution in [2.45, 2.75) is 26.0 Å². The first-order valence-corrected chi connectivity index (χ1v) is 15.5. The number of carbonyl (C=O) groups excluding carboxylic acids is 2. The standard InChI is InChI=1S/C35H38N2O8/c1-2-42-29-21-25(9-11-28(29)45-23-24-7-4-3-5-8-24)32-31(33(38)26-10-12-27-30(22-26)44-20-19-43-27)34(39)35(40)37(32)14-6-13-36-15-17-41-18-16-36/h3-5,7-12,21-22,32,38H,2,6,13-20,23H2,1H3/b33-31+. The van der Waals surface area contributed by atoms with E-state index < -0.39 is 17.7 Å². The molecular weight excluding hydrogens is 576 g/mol. The van der Waals surface area contributed by atoms with Crippen LogP contribution in [0.4, 0.5) is 0 Å². The number of hydrogen-bond acceptors (Lipinski definition) is 9. The molecule has 10 heteroatoms. The number of aliphatic hydroxyl groups is 1. The monoisotopic (exact) mass is 614 g/mol. The highest BCUT2D eigenvalue weighted by Gasteiger charge is 2.46. The fourth-order valence-corrected chi connectivity index (χ4v) is 5.91. The van der Waals surface area contributed by atoms with Gasteiger partial charge in [-0.3, -0.25) is 14.5 Å². The molecule has 1 N–H and O–H groups in total. The summed E-state index contributed by atoms with van der Waals surface area (Å²) < 4.78 is 28.9. The van der Waals surface area contributed by atoms with Crippen LogP contribution in [0.15, 0.2) is 72.3 Å². The molecule has 3 aromatic rings. The first-order chi connectivity index (χ1) is 22.0. The third kappa shape index (κ3) is 6.77. The molecule has 3 aliphatic rings. The van der Waals surface area contributed by atoms with Crippen LogP contribution in [0.1, 0.15) is 36.1 Å². The number of amides is 1. The van der Waals surface area contributed by atoms with Gasteiger partial charge in [0.1, 0.15) is 25.6 Å². The normalized spacial score (nSPS) is 19.5. The van der Waals surface area contributed by atoms with Gasteiger partial charge in [0, 0.05) is 31.7 Å². The Morgan fingerprint density at radius 1 is 0.867 bits per heavy atom. The fraction of sp³-hybridized carbons (Fsp3) is 0.371. The lowest BCUT2D eigenvalue weighted by molar-refractivity contribution is -0.140. The quantitative estimate of drug-likeness (QED) is 0.189. The van der Waals surface area contributed by atoms with Crippen molar-refractivity contribution in [3.8, 4) is 23.0 Å². The first kappa shape index (κ1) is 30.5. The number of morpholine rings is 1. The SMILES string of the molecule is CCOc1cc(C2/C(=C(\O)c3ccc4c(c3)OCCO4)C(=O)C(=O)N2CCCN2CCOCC2)ccc1OCc1ccccc1. The largest absolute Gasteiger partial charge is 0.507 e. The van der Waals surface area contributed by atoms with Crippen LogP contribution in [0.3, 0.4) is 0 Å². The first-order valence-electron chi connectivity index (χ1n) is 15.5. The maximum atomic E-state index is 13.7. The van der Waals surface area contributed by atoms with Crippen LogP contribution in [-0.4, -0.2) is 85.8 Å². The molecule has 2 saturated heterocycles. The molecule has 236 valence electrons. The average Bonchev–Trinajstić information content (AvgIpc) is 3.33. The van der Waals surface area contributed by atoms with Gasteiger partial charge in [-0.05, 0) is 54.8 Å². The van der Waals surface area contributed by atoms with E-state index in [0.29, 0.717) is 86.7 Å². The van der Waals surface area contributed by atoms with E-state index in [2.05, 4.69) is 4.90 Å². The van der Waals surface area contributed by atoms with Crippen LogP contribution in [0.2, 0.25) is 0 Å². The minimum Gasteiger partial charge on any atom is -0.507 e. The van der Waals surface area contributed by atoms with Crippen molar-refractivity contribution in [2.75, 3.05) is 59.2 Å². The Morgan fingerprint density at radius 3 is 2.42 bits per heavy atom. The van der Waals surface area contributed by atoms with Crippen LogP contribution < -0.4 is 18.9 Å². The summed E-state index contributed by atoms with van der Waals surface area (Å²) in [6, 6.07) is 19.4. The van der Waals surface area contributed by atoms with Gasteiger partial charge < -0.3 is 33.7 Å². The number of rotatable bonds is 11. The Kier molecular flexibility index (Phi) is 9.52. The van der Waals surface area contributed by atoms with Crippen LogP contribution >= 0.6 is 0 Å². The summed E-state index contributed by atoms with van der Waals surface area (Å²) in [4.78, 5) is 31.1. The molecule has 1 amide bonds. The predicted molar refractivity (Wildman–Crippen MR) is 167 cm³/mol. The van der Waals surface area contributed by atoms with Crippen LogP contribution in [0, 0.1) is 0 Å². The molecule has 10 nitrogen and oxygen atoms in total. The molecule has 1 unspecified atom stereocenters. The second kappa shape index (κ2) is 14.0. The van der Waals surface area contributed by atoms with Crippen LogP contribution in [-0.2, 0) is 20.9 Å². The fourth-order valence-electron chi connectivity index (χ4n) is 5.91. The lowest BCUT2D eigenvalue weighted by Crippen LogP contribution is -2.39. The Balaban J connectivity index is 1.35. The molecule has 0 spiro atoms. The average molecular weight is 615 g/mol. The molecule has 3 aromatic carbocycles. The Labute approximate surface area is 262 Å². The Bertz CT molecular complexity index is 1550. The van der Waals surface area contributed by atoms with Gasteiger partial charge in [0.05, 0.1) is 31.4 Å². The van der Waals surface area contributed by atoms with Crippen molar-refractivity contribution in [3.05, 3.63) is 89.0 Å². The summed E-state index contributed by atoms with van der Waals surface area (Å²) in [6.45, 7) is 7.55. The smallest absolute Gasteiger partial charge is 0.295 e. The maximum Gasteiger partial charge on any atom is 0.295 e. The third-order valence-electron chi connectivity index (χ3n) is 8.15. The maximum absolute atomic E-state index is 13.7. The van der Waals surface area contributed by atoms with Crippen LogP contribution in [0.25, 0.3) is 5.76 Å². The van der Waals surface area contributed by atoms with Crippen molar-refractivity contribution in [1.29, 1.82) is 0 Å². The van der Waals surface area contributed by atoms with E-state index in [4.69, 9.17) is 23.7 Å². The zero-order valence-corrected chi connectivity index (χ0v) is 25.4. The van der Waals surface area contributed by atoms with Crippen molar-refractivity contribution >= 4 is 17.4 Å². The summed E-state index contributed by atoms with van der Waals surface area (Å²) in [7, 11) is 0. The molecule has 0 radical (unpaired) electrons. The number of hydrogen-bond donors (Lipinski definition) is 1. The van der Waals surface area contributed by atoms with Gasteiger partial charge in [-0.25, -0.2) is 0 Å². The number of likely N-dealkylation sites (tertiary alicyclic amines) is 1. The predicted octanol–water partition coefficient (Wildman–Crippen LogP) is 4.58. The highest BCUT2D eigenvalue weighted by molar-refractivity contribution is 6.46. The van der Waals surface area contributed by atoms with Crippen molar-refractivity contribution in [3.63, 3.8) is 0 Å². The van der Waals surface area contributed by atoms with E-state index in [-0.39, 0.29) is 11.3 Å². The van der Waals surface area contributed by atoms with E-state index in [1.165, 1.54) is 0 Å². The molecule has 2 fully saturated rings. The number of Topliss-reactive ketones (excluding diaryl/α,β-unsaturated/α-hetero) is 1. The summed E-state index contributed by atoms with van der Waals surface area (Å²) in [5.74, 6) is 0.410. The second-order valence-corrected chi connectivity index (χ2v) is 11.1. The molecule has 45 heavy (non-hydrogen) atoms. The number of benzene rings is 3. The summed E-state index contributed by atoms with van der Waals surface area (Å²) >= 11 is 0. The number of ketones is 1. The van der Waals surface area contributed by atoms with Gasteiger partial charge in [0.25, 0.3) is 11.7 Å². The molecule has 0 aromatic heterocycles. The van der Waals surface area contributed by atoms with Crippen molar-refractivity contribution < 1.29 is 38.4 Å². The van der Waals surface area contributed by atoms with Gasteiger partial charge in [-0.15, -0.1) is 0 Å². The number of nitrogens with zero attached hydrogens (tertiary/aromatic N) is 2. The van der Waals surface area contributed by atoms with E-state index >= 15 is 0 Å². The van der Waals surface area contributed by atoms with Crippen molar-refractivity contribution in [2.24, 2.45) is 0 Å². The number of fused-ring (bicyclic) bond motifs is 1. The molecule has 0 bridgehead atoms. The molecule has 6 rings (SSSR count). The van der Waals surface area contributed by atoms with Crippen molar-refractivity contribution in [1.82, 2.24) is 9.80 Å². The molecule has 3 heterocycles. The summed E-state index contributed by atoms with van der Waals surface area (Å²) in [6.07, 6.45) is 0.657. The lowest BCUT2D eigenvalue weighted by atomic mass is 9.94. The van der Waals surface area contributed by atoms with Gasteiger partial charge in [-0.2, -0.15) is 0 Å². The topological polar surface area (TPSA) is 107 Å². The molecule has 0 saturated carbocycles. The van der Waals surface area contributed by atoms with E-state index in [9.17, 15) is 14.7 Å². The second-order valence-electron chi connectivity index (χ2n) is 11.1. The molecule has 0 aliphatic carbocycles. The van der Waals surface area contributed by atoms with Gasteiger partial charge in [-0.1, -0.05) is 36.4 Å². The highest BCUT2D eigenvalue weighted by Crippen LogP contribution is 2.43. The highest BCUT2D eigenvalue weighted by atomic mass is 16.6. The molecular formula is C35H38N2O8. The number of carbonyl (C=O) groups is 2. The lowest BCUT2D eigenvalue weighted by Gasteiger charge is -2.29. The Morgan fingerprint density at radius 2 is 1.64 bits per heavy atom. The van der Waals surface area contributed by atoms with E-state index in [1.807, 2.05) is 43.3 Å². The van der Waals surface area contributed by atoms with E-state index in [0.717, 1.165) is 25.2 Å². The van der Waals surface area contributed by atoms with E-state index in [1.54, 1.807) is 35.2 Å². The van der Waals surface area contributed by atoms with Gasteiger partial charge in [0.15, 0.2) is 23.0 Å².